The Morgan fingerprint density at radius 3 is 2.63 bits per heavy atom. The second-order valence-electron chi connectivity index (χ2n) is 4.25. The minimum Gasteiger partial charge on any atom is -0.446 e. The summed E-state index contributed by atoms with van der Waals surface area (Å²) in [4.78, 5) is 4.02. The smallest absolute Gasteiger partial charge is 0.215 e. The van der Waals surface area contributed by atoms with Crippen LogP contribution in [0.3, 0.4) is 0 Å². The molecule has 2 aromatic rings. The number of hydrogen-bond donors (Lipinski definition) is 1. The molecule has 1 aromatic heterocycles. The monoisotopic (exact) mass is 280 g/mol. The van der Waals surface area contributed by atoms with Crippen LogP contribution in [0, 0.1) is 6.92 Å². The van der Waals surface area contributed by atoms with Gasteiger partial charge in [0.2, 0.25) is 10.0 Å². The number of rotatable bonds is 6. The van der Waals surface area contributed by atoms with Crippen LogP contribution in [0.15, 0.2) is 40.9 Å². The van der Waals surface area contributed by atoms with Crippen molar-refractivity contribution in [1.82, 2.24) is 9.71 Å². The van der Waals surface area contributed by atoms with Crippen LogP contribution in [-0.2, 0) is 22.2 Å². The molecule has 0 spiro atoms. The molecule has 0 fully saturated rings. The van der Waals surface area contributed by atoms with Crippen LogP contribution in [0.2, 0.25) is 0 Å². The third-order valence-electron chi connectivity index (χ3n) is 2.53. The lowest BCUT2D eigenvalue weighted by molar-refractivity contribution is 0.469. The van der Waals surface area contributed by atoms with Crippen LogP contribution in [0.25, 0.3) is 0 Å². The zero-order valence-electron chi connectivity index (χ0n) is 10.7. The maximum Gasteiger partial charge on any atom is 0.215 e. The van der Waals surface area contributed by atoms with Gasteiger partial charge in [-0.25, -0.2) is 18.1 Å². The fourth-order valence-corrected chi connectivity index (χ4v) is 2.82. The Kier molecular flexibility index (Phi) is 4.34. The molecule has 19 heavy (non-hydrogen) atoms. The Morgan fingerprint density at radius 1 is 1.26 bits per heavy atom. The first-order valence-corrected chi connectivity index (χ1v) is 7.63. The van der Waals surface area contributed by atoms with Gasteiger partial charge in [0.05, 0.1) is 11.9 Å². The average Bonchev–Trinajstić information content (AvgIpc) is 2.75. The van der Waals surface area contributed by atoms with E-state index in [1.54, 1.807) is 25.3 Å². The average molecular weight is 280 g/mol. The van der Waals surface area contributed by atoms with Crippen molar-refractivity contribution in [2.75, 3.05) is 6.54 Å². The molecule has 0 radical (unpaired) electrons. The third-order valence-corrected chi connectivity index (χ3v) is 3.89. The van der Waals surface area contributed by atoms with Crippen molar-refractivity contribution in [3.05, 3.63) is 53.7 Å². The second kappa shape index (κ2) is 5.99. The third kappa shape index (κ3) is 4.50. The first-order valence-electron chi connectivity index (χ1n) is 5.98. The fourth-order valence-electron chi connectivity index (χ4n) is 1.68. The highest BCUT2D eigenvalue weighted by Crippen LogP contribution is 2.05. The summed E-state index contributed by atoms with van der Waals surface area (Å²) in [7, 11) is -3.32. The molecule has 0 unspecified atom stereocenters. The first-order chi connectivity index (χ1) is 9.05. The minimum absolute atomic E-state index is 0.0154. The summed E-state index contributed by atoms with van der Waals surface area (Å²) in [6, 6.07) is 9.07. The first kappa shape index (κ1) is 13.8. The van der Waals surface area contributed by atoms with E-state index in [-0.39, 0.29) is 12.3 Å². The molecule has 0 atom stereocenters. The highest BCUT2D eigenvalue weighted by Gasteiger charge is 2.11. The number of benzene rings is 1. The van der Waals surface area contributed by atoms with Crippen LogP contribution in [-0.4, -0.2) is 19.9 Å². The number of nitrogens with one attached hydrogen (secondary N) is 1. The standard InChI is InChI=1S/C13H16N2O3S/c1-11-9-14-13(18-11)7-8-15-19(16,17)10-12-5-3-2-4-6-12/h2-6,9,15H,7-8,10H2,1H3. The van der Waals surface area contributed by atoms with Gasteiger partial charge in [-0.15, -0.1) is 0 Å². The van der Waals surface area contributed by atoms with Gasteiger partial charge in [-0.1, -0.05) is 30.3 Å². The second-order valence-corrected chi connectivity index (χ2v) is 6.06. The normalized spacial score (nSPS) is 11.6. The fraction of sp³-hybridized carbons (Fsp3) is 0.308. The minimum atomic E-state index is -3.32. The van der Waals surface area contributed by atoms with E-state index < -0.39 is 10.0 Å². The van der Waals surface area contributed by atoms with Crippen molar-refractivity contribution in [3.63, 3.8) is 0 Å². The van der Waals surface area contributed by atoms with Crippen LogP contribution in [0.4, 0.5) is 0 Å². The quantitative estimate of drug-likeness (QED) is 0.873. The number of sulfonamides is 1. The van der Waals surface area contributed by atoms with Crippen molar-refractivity contribution in [2.45, 2.75) is 19.1 Å². The molecule has 0 bridgehead atoms. The maximum absolute atomic E-state index is 11.8. The van der Waals surface area contributed by atoms with E-state index in [2.05, 4.69) is 9.71 Å². The maximum atomic E-state index is 11.8. The van der Waals surface area contributed by atoms with Gasteiger partial charge in [0.25, 0.3) is 0 Å². The van der Waals surface area contributed by atoms with Crippen LogP contribution in [0.1, 0.15) is 17.2 Å². The van der Waals surface area contributed by atoms with Gasteiger partial charge in [0.1, 0.15) is 5.76 Å². The predicted octanol–water partition coefficient (Wildman–Crippen LogP) is 1.65. The zero-order chi connectivity index (χ0) is 13.7. The van der Waals surface area contributed by atoms with Gasteiger partial charge in [-0.2, -0.15) is 0 Å². The lowest BCUT2D eigenvalue weighted by Gasteiger charge is -2.05. The van der Waals surface area contributed by atoms with Gasteiger partial charge in [-0.3, -0.25) is 0 Å². The molecule has 1 N–H and O–H groups in total. The highest BCUT2D eigenvalue weighted by molar-refractivity contribution is 7.88. The van der Waals surface area contributed by atoms with E-state index in [1.807, 2.05) is 18.2 Å². The van der Waals surface area contributed by atoms with Crippen molar-refractivity contribution >= 4 is 10.0 Å². The van der Waals surface area contributed by atoms with E-state index in [4.69, 9.17) is 4.42 Å². The molecular formula is C13H16N2O3S. The molecule has 0 aliphatic carbocycles. The Hall–Kier alpha value is -1.66. The topological polar surface area (TPSA) is 72.2 Å². The molecule has 1 aromatic carbocycles. The lowest BCUT2D eigenvalue weighted by atomic mass is 10.2. The van der Waals surface area contributed by atoms with E-state index in [0.717, 1.165) is 11.3 Å². The highest BCUT2D eigenvalue weighted by atomic mass is 32.2. The largest absolute Gasteiger partial charge is 0.446 e. The van der Waals surface area contributed by atoms with Gasteiger partial charge >= 0.3 is 0 Å². The van der Waals surface area contributed by atoms with Crippen molar-refractivity contribution in [3.8, 4) is 0 Å². The van der Waals surface area contributed by atoms with Crippen LogP contribution in [0.5, 0.6) is 0 Å². The van der Waals surface area contributed by atoms with Gasteiger partial charge in [0, 0.05) is 13.0 Å². The number of aromatic nitrogens is 1. The van der Waals surface area contributed by atoms with Gasteiger partial charge < -0.3 is 4.42 Å². The molecule has 5 nitrogen and oxygen atoms in total. The molecule has 2 rings (SSSR count). The molecule has 102 valence electrons. The zero-order valence-corrected chi connectivity index (χ0v) is 11.5. The number of aryl methyl sites for hydroxylation is 1. The Balaban J connectivity index is 1.84. The molecule has 1 heterocycles. The summed E-state index contributed by atoms with van der Waals surface area (Å²) in [5, 5.41) is 0. The summed E-state index contributed by atoms with van der Waals surface area (Å²) in [6.45, 7) is 2.09. The van der Waals surface area contributed by atoms with E-state index in [0.29, 0.717) is 12.3 Å². The summed E-state index contributed by atoms with van der Waals surface area (Å²) >= 11 is 0. The van der Waals surface area contributed by atoms with Crippen LogP contribution >= 0.6 is 0 Å². The van der Waals surface area contributed by atoms with Crippen molar-refractivity contribution in [2.24, 2.45) is 0 Å². The van der Waals surface area contributed by atoms with E-state index in [9.17, 15) is 8.42 Å². The predicted molar refractivity (Wildman–Crippen MR) is 72.0 cm³/mol. The summed E-state index contributed by atoms with van der Waals surface area (Å²) in [5.74, 6) is 1.25. The number of nitrogens with zero attached hydrogens (tertiary/aromatic N) is 1. The van der Waals surface area contributed by atoms with Crippen molar-refractivity contribution < 1.29 is 12.8 Å². The van der Waals surface area contributed by atoms with Crippen molar-refractivity contribution in [1.29, 1.82) is 0 Å². The molecular weight excluding hydrogens is 264 g/mol. The number of oxazole rings is 1. The molecule has 0 aliphatic rings. The Morgan fingerprint density at radius 2 is 2.00 bits per heavy atom. The number of hydrogen-bond acceptors (Lipinski definition) is 4. The van der Waals surface area contributed by atoms with Gasteiger partial charge in [0.15, 0.2) is 5.89 Å². The molecule has 0 aliphatic heterocycles. The van der Waals surface area contributed by atoms with Crippen LogP contribution < -0.4 is 4.72 Å². The Bertz CT molecular complexity index is 620. The lowest BCUT2D eigenvalue weighted by Crippen LogP contribution is -2.27. The molecule has 0 amide bonds. The molecule has 0 saturated carbocycles. The summed E-state index contributed by atoms with van der Waals surface area (Å²) in [6.07, 6.45) is 2.07. The van der Waals surface area contributed by atoms with E-state index >= 15 is 0 Å². The molecule has 0 saturated heterocycles. The summed E-state index contributed by atoms with van der Waals surface area (Å²) < 4.78 is 31.5. The Labute approximate surface area is 112 Å². The summed E-state index contributed by atoms with van der Waals surface area (Å²) in [5.41, 5.74) is 0.766. The molecule has 6 heteroatoms. The van der Waals surface area contributed by atoms with Gasteiger partial charge in [-0.05, 0) is 12.5 Å². The SMILES string of the molecule is Cc1cnc(CCNS(=O)(=O)Cc2ccccc2)o1. The van der Waals surface area contributed by atoms with E-state index in [1.165, 1.54) is 0 Å².